The highest BCUT2D eigenvalue weighted by atomic mass is 35.5. The number of ether oxygens (including phenoxy) is 1. The van der Waals surface area contributed by atoms with Crippen LogP contribution in [-0.4, -0.2) is 12.5 Å². The Labute approximate surface area is 140 Å². The van der Waals surface area contributed by atoms with Crippen LogP contribution in [0.15, 0.2) is 30.3 Å². The molecule has 1 amide bonds. The van der Waals surface area contributed by atoms with Gasteiger partial charge in [-0.25, -0.2) is 0 Å². The molecule has 3 nitrogen and oxygen atoms in total. The largest absolute Gasteiger partial charge is 0.483 e. The zero-order valence-corrected chi connectivity index (χ0v) is 14.2. The third-order valence-electron chi connectivity index (χ3n) is 3.35. The van der Waals surface area contributed by atoms with Crippen molar-refractivity contribution in [3.8, 4) is 5.75 Å². The summed E-state index contributed by atoms with van der Waals surface area (Å²) in [7, 11) is 0. The molecule has 0 fully saturated rings. The Hall–Kier alpha value is -1.71. The minimum absolute atomic E-state index is 0.0907. The highest BCUT2D eigenvalue weighted by Gasteiger charge is 2.10. The van der Waals surface area contributed by atoms with Gasteiger partial charge in [0, 0.05) is 0 Å². The van der Waals surface area contributed by atoms with Crippen molar-refractivity contribution < 1.29 is 9.53 Å². The van der Waals surface area contributed by atoms with Crippen LogP contribution in [0.1, 0.15) is 16.7 Å². The highest BCUT2D eigenvalue weighted by Crippen LogP contribution is 2.29. The fourth-order valence-corrected chi connectivity index (χ4v) is 2.43. The van der Waals surface area contributed by atoms with E-state index in [-0.39, 0.29) is 12.5 Å². The molecule has 0 saturated heterocycles. The van der Waals surface area contributed by atoms with Gasteiger partial charge in [-0.15, -0.1) is 0 Å². The molecule has 0 aliphatic heterocycles. The van der Waals surface area contributed by atoms with Gasteiger partial charge in [-0.05, 0) is 55.7 Å². The predicted octanol–water partition coefficient (Wildman–Crippen LogP) is 4.94. The van der Waals surface area contributed by atoms with Gasteiger partial charge in [0.25, 0.3) is 5.91 Å². The molecular formula is C17H17Cl2NO2. The van der Waals surface area contributed by atoms with E-state index < -0.39 is 0 Å². The van der Waals surface area contributed by atoms with Gasteiger partial charge in [0.2, 0.25) is 0 Å². The average molecular weight is 338 g/mol. The Bertz CT molecular complexity index is 714. The molecule has 2 rings (SSSR count). The van der Waals surface area contributed by atoms with Crippen molar-refractivity contribution in [3.05, 3.63) is 57.1 Å². The molecule has 0 heterocycles. The van der Waals surface area contributed by atoms with Crippen molar-refractivity contribution >= 4 is 34.8 Å². The highest BCUT2D eigenvalue weighted by molar-refractivity contribution is 6.43. The Morgan fingerprint density at radius 3 is 2.64 bits per heavy atom. The molecule has 0 aliphatic rings. The van der Waals surface area contributed by atoms with Crippen molar-refractivity contribution in [2.75, 3.05) is 11.9 Å². The lowest BCUT2D eigenvalue weighted by Crippen LogP contribution is -2.20. The lowest BCUT2D eigenvalue weighted by Gasteiger charge is -2.13. The number of aryl methyl sites for hydroxylation is 2. The van der Waals surface area contributed by atoms with E-state index in [0.717, 1.165) is 16.7 Å². The van der Waals surface area contributed by atoms with E-state index in [1.807, 2.05) is 26.8 Å². The van der Waals surface area contributed by atoms with E-state index in [1.54, 1.807) is 18.2 Å². The molecule has 0 aromatic heterocycles. The number of benzene rings is 2. The first kappa shape index (κ1) is 16.7. The standard InChI is InChI=1S/C17H17Cl2NO2/c1-10-7-11(2)12(3)15(8-10)22-9-16(21)20-14-6-4-5-13(18)17(14)19/h4-8H,9H2,1-3H3,(H,20,21). The molecule has 5 heteroatoms. The molecule has 2 aromatic carbocycles. The van der Waals surface area contributed by atoms with E-state index in [4.69, 9.17) is 27.9 Å². The lowest BCUT2D eigenvalue weighted by atomic mass is 10.1. The van der Waals surface area contributed by atoms with E-state index in [9.17, 15) is 4.79 Å². The number of carbonyl (C=O) groups excluding carboxylic acids is 1. The first-order valence-corrected chi connectivity index (χ1v) is 7.58. The van der Waals surface area contributed by atoms with Crippen LogP contribution in [0.3, 0.4) is 0 Å². The summed E-state index contributed by atoms with van der Waals surface area (Å²) >= 11 is 11.9. The molecule has 116 valence electrons. The summed E-state index contributed by atoms with van der Waals surface area (Å²) in [6.45, 7) is 5.88. The van der Waals surface area contributed by atoms with Gasteiger partial charge in [0.15, 0.2) is 6.61 Å². The summed E-state index contributed by atoms with van der Waals surface area (Å²) in [5.74, 6) is 0.424. The molecule has 0 spiro atoms. The Morgan fingerprint density at radius 2 is 1.91 bits per heavy atom. The number of halogens is 2. The molecular weight excluding hydrogens is 321 g/mol. The molecule has 0 unspecified atom stereocenters. The maximum Gasteiger partial charge on any atom is 0.262 e. The predicted molar refractivity (Wildman–Crippen MR) is 91.2 cm³/mol. The van der Waals surface area contributed by atoms with E-state index >= 15 is 0 Å². The summed E-state index contributed by atoms with van der Waals surface area (Å²) in [6.07, 6.45) is 0. The summed E-state index contributed by atoms with van der Waals surface area (Å²) in [4.78, 5) is 12.0. The van der Waals surface area contributed by atoms with Crippen LogP contribution in [0, 0.1) is 20.8 Å². The van der Waals surface area contributed by atoms with Crippen molar-refractivity contribution in [2.24, 2.45) is 0 Å². The smallest absolute Gasteiger partial charge is 0.262 e. The van der Waals surface area contributed by atoms with Gasteiger partial charge in [-0.3, -0.25) is 4.79 Å². The Balaban J connectivity index is 2.03. The zero-order valence-electron chi connectivity index (χ0n) is 12.7. The number of anilines is 1. The van der Waals surface area contributed by atoms with Gasteiger partial charge in [0.1, 0.15) is 5.75 Å². The monoisotopic (exact) mass is 337 g/mol. The number of amides is 1. The van der Waals surface area contributed by atoms with Crippen LogP contribution in [0.4, 0.5) is 5.69 Å². The second kappa shape index (κ2) is 7.03. The maximum absolute atomic E-state index is 12.0. The Kier molecular flexibility index (Phi) is 5.33. The molecule has 0 aliphatic carbocycles. The summed E-state index contributed by atoms with van der Waals surface area (Å²) < 4.78 is 5.61. The molecule has 0 atom stereocenters. The van der Waals surface area contributed by atoms with Crippen LogP contribution in [0.25, 0.3) is 0 Å². The van der Waals surface area contributed by atoms with Crippen molar-refractivity contribution in [1.82, 2.24) is 0 Å². The fraction of sp³-hybridized carbons (Fsp3) is 0.235. The normalized spacial score (nSPS) is 10.4. The molecule has 2 aromatic rings. The van der Waals surface area contributed by atoms with Gasteiger partial charge < -0.3 is 10.1 Å². The first-order valence-electron chi connectivity index (χ1n) is 6.83. The minimum Gasteiger partial charge on any atom is -0.483 e. The molecule has 0 radical (unpaired) electrons. The van der Waals surface area contributed by atoms with Gasteiger partial charge >= 0.3 is 0 Å². The van der Waals surface area contributed by atoms with Crippen molar-refractivity contribution in [3.63, 3.8) is 0 Å². The quantitative estimate of drug-likeness (QED) is 0.858. The summed E-state index contributed by atoms with van der Waals surface area (Å²) in [5.41, 5.74) is 3.73. The topological polar surface area (TPSA) is 38.3 Å². The average Bonchev–Trinajstić information content (AvgIpc) is 2.46. The molecule has 22 heavy (non-hydrogen) atoms. The van der Waals surface area contributed by atoms with Crippen LogP contribution >= 0.6 is 23.2 Å². The van der Waals surface area contributed by atoms with Crippen LogP contribution in [-0.2, 0) is 4.79 Å². The molecule has 0 bridgehead atoms. The van der Waals surface area contributed by atoms with Crippen LogP contribution < -0.4 is 10.1 Å². The van der Waals surface area contributed by atoms with Crippen LogP contribution in [0.5, 0.6) is 5.75 Å². The van der Waals surface area contributed by atoms with Gasteiger partial charge in [0.05, 0.1) is 15.7 Å². The van der Waals surface area contributed by atoms with E-state index in [0.29, 0.717) is 21.5 Å². The molecule has 0 saturated carbocycles. The van der Waals surface area contributed by atoms with Crippen molar-refractivity contribution in [2.45, 2.75) is 20.8 Å². The number of rotatable bonds is 4. The number of nitrogens with one attached hydrogen (secondary N) is 1. The third-order valence-corrected chi connectivity index (χ3v) is 4.17. The zero-order chi connectivity index (χ0) is 16.3. The second-order valence-corrected chi connectivity index (χ2v) is 5.93. The second-order valence-electron chi connectivity index (χ2n) is 5.14. The number of hydrogen-bond acceptors (Lipinski definition) is 2. The molecule has 1 N–H and O–H groups in total. The number of hydrogen-bond donors (Lipinski definition) is 1. The lowest BCUT2D eigenvalue weighted by molar-refractivity contribution is -0.118. The fourth-order valence-electron chi connectivity index (χ4n) is 2.08. The van der Waals surface area contributed by atoms with Gasteiger partial charge in [-0.1, -0.05) is 35.3 Å². The third kappa shape index (κ3) is 3.93. The maximum atomic E-state index is 12.0. The van der Waals surface area contributed by atoms with E-state index in [2.05, 4.69) is 11.4 Å². The first-order chi connectivity index (χ1) is 10.4. The summed E-state index contributed by atoms with van der Waals surface area (Å²) in [5, 5.41) is 3.40. The SMILES string of the molecule is Cc1cc(C)c(C)c(OCC(=O)Nc2cccc(Cl)c2Cl)c1. The van der Waals surface area contributed by atoms with Crippen LogP contribution in [0.2, 0.25) is 10.0 Å². The Morgan fingerprint density at radius 1 is 1.18 bits per heavy atom. The minimum atomic E-state index is -0.289. The van der Waals surface area contributed by atoms with Gasteiger partial charge in [-0.2, -0.15) is 0 Å². The van der Waals surface area contributed by atoms with Crippen molar-refractivity contribution in [1.29, 1.82) is 0 Å². The summed E-state index contributed by atoms with van der Waals surface area (Å²) in [6, 6.07) is 9.07. The number of carbonyl (C=O) groups is 1. The van der Waals surface area contributed by atoms with E-state index in [1.165, 1.54) is 0 Å².